The molecule has 0 unspecified atom stereocenters. The van der Waals surface area contributed by atoms with Crippen LogP contribution in [-0.2, 0) is 11.3 Å². The SMILES string of the molecule is CC(C=O)=Nc1cc(Br)ccc1N(C)Cc1ncc(Cl)cn1. The van der Waals surface area contributed by atoms with Crippen molar-refractivity contribution in [3.8, 4) is 0 Å². The summed E-state index contributed by atoms with van der Waals surface area (Å²) in [5.74, 6) is 0.650. The van der Waals surface area contributed by atoms with Crippen LogP contribution in [-0.4, -0.2) is 29.0 Å². The number of halogens is 2. The molecule has 0 bridgehead atoms. The third-order valence-corrected chi connectivity index (χ3v) is 3.56. The number of aromatic nitrogens is 2. The van der Waals surface area contributed by atoms with Gasteiger partial charge in [0.25, 0.3) is 0 Å². The Morgan fingerprint density at radius 3 is 2.73 bits per heavy atom. The Labute approximate surface area is 142 Å². The lowest BCUT2D eigenvalue weighted by Gasteiger charge is -2.20. The molecule has 5 nitrogen and oxygen atoms in total. The van der Waals surface area contributed by atoms with Crippen molar-refractivity contribution in [2.45, 2.75) is 13.5 Å². The molecule has 1 aromatic heterocycles. The molecule has 0 saturated carbocycles. The number of hydrogen-bond acceptors (Lipinski definition) is 5. The van der Waals surface area contributed by atoms with Crippen LogP contribution in [0.25, 0.3) is 0 Å². The van der Waals surface area contributed by atoms with Crippen LogP contribution >= 0.6 is 27.5 Å². The summed E-state index contributed by atoms with van der Waals surface area (Å²) in [5, 5.41) is 0.502. The minimum absolute atomic E-state index is 0.412. The third kappa shape index (κ3) is 4.35. The molecule has 7 heteroatoms. The normalized spacial score (nSPS) is 11.4. The van der Waals surface area contributed by atoms with Crippen molar-refractivity contribution >= 4 is 50.9 Å². The van der Waals surface area contributed by atoms with Crippen LogP contribution in [0.2, 0.25) is 5.02 Å². The van der Waals surface area contributed by atoms with E-state index in [1.165, 1.54) is 0 Å². The maximum absolute atomic E-state index is 10.8. The molecule has 22 heavy (non-hydrogen) atoms. The number of anilines is 1. The largest absolute Gasteiger partial charge is 0.365 e. The second kappa shape index (κ2) is 7.47. The predicted molar refractivity (Wildman–Crippen MR) is 92.1 cm³/mol. The highest BCUT2D eigenvalue weighted by Gasteiger charge is 2.10. The highest BCUT2D eigenvalue weighted by Crippen LogP contribution is 2.32. The lowest BCUT2D eigenvalue weighted by atomic mass is 10.2. The fourth-order valence-corrected chi connectivity index (χ4v) is 2.29. The minimum Gasteiger partial charge on any atom is -0.365 e. The van der Waals surface area contributed by atoms with Crippen molar-refractivity contribution in [1.82, 2.24) is 9.97 Å². The van der Waals surface area contributed by atoms with Crippen LogP contribution in [0.4, 0.5) is 11.4 Å². The number of carbonyl (C=O) groups is 1. The summed E-state index contributed by atoms with van der Waals surface area (Å²) in [4.78, 5) is 25.5. The second-order valence-corrected chi connectivity index (χ2v) is 6.03. The zero-order valence-electron chi connectivity index (χ0n) is 12.1. The molecular formula is C15H14BrClN4O. The van der Waals surface area contributed by atoms with Gasteiger partial charge in [0.2, 0.25) is 0 Å². The van der Waals surface area contributed by atoms with Gasteiger partial charge in [-0.25, -0.2) is 15.0 Å². The molecule has 0 spiro atoms. The maximum atomic E-state index is 10.8. The molecule has 0 aliphatic rings. The monoisotopic (exact) mass is 380 g/mol. The van der Waals surface area contributed by atoms with E-state index in [-0.39, 0.29) is 0 Å². The molecule has 114 valence electrons. The van der Waals surface area contributed by atoms with E-state index in [0.717, 1.165) is 16.4 Å². The summed E-state index contributed by atoms with van der Waals surface area (Å²) in [7, 11) is 1.91. The molecule has 0 fully saturated rings. The van der Waals surface area contributed by atoms with Crippen molar-refractivity contribution in [2.75, 3.05) is 11.9 Å². The number of carbonyl (C=O) groups excluding carboxylic acids is 1. The molecule has 2 aromatic rings. The van der Waals surface area contributed by atoms with Gasteiger partial charge in [-0.1, -0.05) is 27.5 Å². The van der Waals surface area contributed by atoms with E-state index in [2.05, 4.69) is 30.9 Å². The number of aldehydes is 1. The van der Waals surface area contributed by atoms with Crippen LogP contribution in [0.15, 0.2) is 40.1 Å². The fraction of sp³-hybridized carbons (Fsp3) is 0.200. The zero-order chi connectivity index (χ0) is 16.1. The molecule has 0 radical (unpaired) electrons. The number of aliphatic imine (C=N–C) groups is 1. The average molecular weight is 382 g/mol. The van der Waals surface area contributed by atoms with Crippen molar-refractivity contribution in [1.29, 1.82) is 0 Å². The number of rotatable bonds is 5. The molecule has 0 N–H and O–H groups in total. The standard InChI is InChI=1S/C15H14BrClN4O/c1-10(9-22)20-13-5-11(16)3-4-14(13)21(2)8-15-18-6-12(17)7-19-15/h3-7,9H,8H2,1-2H3. The molecule has 0 saturated heterocycles. The Hall–Kier alpha value is -1.79. The van der Waals surface area contributed by atoms with Crippen LogP contribution in [0.1, 0.15) is 12.7 Å². The zero-order valence-corrected chi connectivity index (χ0v) is 14.5. The van der Waals surface area contributed by atoms with Crippen LogP contribution in [0, 0.1) is 0 Å². The smallest absolute Gasteiger partial charge is 0.163 e. The lowest BCUT2D eigenvalue weighted by molar-refractivity contribution is -0.102. The van der Waals surface area contributed by atoms with Crippen LogP contribution < -0.4 is 4.90 Å². The lowest BCUT2D eigenvalue weighted by Crippen LogP contribution is -2.18. The van der Waals surface area contributed by atoms with E-state index in [1.54, 1.807) is 19.3 Å². The minimum atomic E-state index is 0.412. The Morgan fingerprint density at radius 1 is 1.41 bits per heavy atom. The number of hydrogen-bond donors (Lipinski definition) is 0. The molecule has 2 rings (SSSR count). The number of nitrogens with zero attached hydrogens (tertiary/aromatic N) is 4. The highest BCUT2D eigenvalue weighted by molar-refractivity contribution is 9.10. The van der Waals surface area contributed by atoms with Gasteiger partial charge < -0.3 is 4.90 Å². The summed E-state index contributed by atoms with van der Waals surface area (Å²) >= 11 is 9.20. The van der Waals surface area contributed by atoms with Gasteiger partial charge in [0, 0.05) is 23.9 Å². The number of benzene rings is 1. The fourth-order valence-electron chi connectivity index (χ4n) is 1.84. The van der Waals surface area contributed by atoms with Crippen LogP contribution in [0.3, 0.4) is 0 Å². The van der Waals surface area contributed by atoms with Crippen molar-refractivity contribution in [2.24, 2.45) is 4.99 Å². The second-order valence-electron chi connectivity index (χ2n) is 4.68. The predicted octanol–water partition coefficient (Wildman–Crippen LogP) is 3.82. The first-order valence-electron chi connectivity index (χ1n) is 6.47. The highest BCUT2D eigenvalue weighted by atomic mass is 79.9. The summed E-state index contributed by atoms with van der Waals surface area (Å²) in [5.41, 5.74) is 1.99. The van der Waals surface area contributed by atoms with Gasteiger partial charge in [-0.15, -0.1) is 0 Å². The topological polar surface area (TPSA) is 58.5 Å². The van der Waals surface area contributed by atoms with E-state index in [9.17, 15) is 4.79 Å². The van der Waals surface area contributed by atoms with E-state index in [1.807, 2.05) is 30.1 Å². The Balaban J connectivity index is 2.30. The van der Waals surface area contributed by atoms with Gasteiger partial charge in [0.05, 0.1) is 28.7 Å². The summed E-state index contributed by atoms with van der Waals surface area (Å²) < 4.78 is 0.893. The summed E-state index contributed by atoms with van der Waals surface area (Å²) in [6, 6.07) is 5.71. The molecule has 0 amide bonds. The average Bonchev–Trinajstić information content (AvgIpc) is 2.49. The van der Waals surface area contributed by atoms with Gasteiger partial charge in [-0.2, -0.15) is 0 Å². The van der Waals surface area contributed by atoms with Gasteiger partial charge >= 0.3 is 0 Å². The molecule has 0 aliphatic heterocycles. The maximum Gasteiger partial charge on any atom is 0.163 e. The van der Waals surface area contributed by atoms with E-state index in [0.29, 0.717) is 28.8 Å². The summed E-state index contributed by atoms with van der Waals surface area (Å²) in [6.07, 6.45) is 3.86. The van der Waals surface area contributed by atoms with E-state index < -0.39 is 0 Å². The molecular weight excluding hydrogens is 368 g/mol. The van der Waals surface area contributed by atoms with Crippen molar-refractivity contribution in [3.63, 3.8) is 0 Å². The molecule has 0 atom stereocenters. The first-order valence-corrected chi connectivity index (χ1v) is 7.64. The molecule has 0 aliphatic carbocycles. The first kappa shape index (κ1) is 16.6. The Bertz CT molecular complexity index is 703. The van der Waals surface area contributed by atoms with Gasteiger partial charge in [-0.05, 0) is 25.1 Å². The van der Waals surface area contributed by atoms with Crippen molar-refractivity contribution in [3.05, 3.63) is 45.9 Å². The summed E-state index contributed by atoms with van der Waals surface area (Å²) in [6.45, 7) is 2.17. The quantitative estimate of drug-likeness (QED) is 0.583. The third-order valence-electron chi connectivity index (χ3n) is 2.87. The van der Waals surface area contributed by atoms with E-state index >= 15 is 0 Å². The van der Waals surface area contributed by atoms with Gasteiger partial charge in [0.1, 0.15) is 5.82 Å². The first-order chi connectivity index (χ1) is 10.5. The Kier molecular flexibility index (Phi) is 5.63. The van der Waals surface area contributed by atoms with Crippen molar-refractivity contribution < 1.29 is 4.79 Å². The van der Waals surface area contributed by atoms with Gasteiger partial charge in [-0.3, -0.25) is 4.79 Å². The Morgan fingerprint density at radius 2 is 2.09 bits per heavy atom. The molecule has 1 heterocycles. The van der Waals surface area contributed by atoms with Crippen LogP contribution in [0.5, 0.6) is 0 Å². The molecule has 1 aromatic carbocycles. The van der Waals surface area contributed by atoms with Gasteiger partial charge in [0.15, 0.2) is 6.29 Å². The van der Waals surface area contributed by atoms with E-state index in [4.69, 9.17) is 11.6 Å².